The number of amides is 3. The van der Waals surface area contributed by atoms with Crippen LogP contribution in [0.25, 0.3) is 0 Å². The Kier molecular flexibility index (Phi) is 7.45. The van der Waals surface area contributed by atoms with Gasteiger partial charge in [-0.15, -0.1) is 0 Å². The molecule has 3 amide bonds. The lowest BCUT2D eigenvalue weighted by Crippen LogP contribution is -2.47. The maximum atomic E-state index is 13.4. The highest BCUT2D eigenvalue weighted by atomic mass is 35.5. The van der Waals surface area contributed by atoms with Gasteiger partial charge in [-0.3, -0.25) is 14.4 Å². The Morgan fingerprint density at radius 1 is 1.12 bits per heavy atom. The number of carbonyl (C=O) groups is 3. The lowest BCUT2D eigenvalue weighted by atomic mass is 10.1. The summed E-state index contributed by atoms with van der Waals surface area (Å²) in [5.74, 6) is -1.73. The molecule has 0 aliphatic heterocycles. The first-order valence-corrected chi connectivity index (χ1v) is 10.9. The Morgan fingerprint density at radius 3 is 2.41 bits per heavy atom. The van der Waals surface area contributed by atoms with Crippen molar-refractivity contribution in [2.24, 2.45) is 5.73 Å². The zero-order valence-corrected chi connectivity index (χ0v) is 18.8. The first kappa shape index (κ1) is 23.2. The lowest BCUT2D eigenvalue weighted by Gasteiger charge is -2.28. The van der Waals surface area contributed by atoms with Crippen LogP contribution < -0.4 is 16.8 Å². The van der Waals surface area contributed by atoms with Gasteiger partial charge < -0.3 is 21.7 Å². The van der Waals surface area contributed by atoms with Crippen LogP contribution in [0.15, 0.2) is 54.6 Å². The van der Waals surface area contributed by atoms with Gasteiger partial charge in [0.05, 0.1) is 5.69 Å². The van der Waals surface area contributed by atoms with E-state index in [0.717, 1.165) is 17.1 Å². The number of primary amides is 1. The number of carbonyl (C=O) groups excluding carboxylic acids is 3. The summed E-state index contributed by atoms with van der Waals surface area (Å²) in [5, 5.41) is 3.30. The third kappa shape index (κ3) is 5.24. The number of aromatic nitrogens is 1. The standard InChI is InChI=1S/C22H22ClN5O3S/c1-13(21(30)26-11-14-7-3-2-4-8-14)28(12-15-9-5-6-10-16(15)23)22(31)19-17(24)18(20(25)29)27-32-19/h2-10,13H,11-12,24H2,1H3,(H2,25,29)(H,26,30)/t13-/m1/s1. The summed E-state index contributed by atoms with van der Waals surface area (Å²) in [5.41, 5.74) is 12.5. The number of hydrogen-bond acceptors (Lipinski definition) is 6. The molecule has 1 aromatic heterocycles. The molecule has 0 aliphatic carbocycles. The van der Waals surface area contributed by atoms with Crippen LogP contribution in [0.3, 0.4) is 0 Å². The fourth-order valence-corrected chi connectivity index (χ4v) is 3.99. The van der Waals surface area contributed by atoms with E-state index in [1.807, 2.05) is 30.3 Å². The average molecular weight is 472 g/mol. The van der Waals surface area contributed by atoms with Crippen LogP contribution in [0.1, 0.15) is 38.2 Å². The molecule has 5 N–H and O–H groups in total. The molecule has 2 aromatic carbocycles. The van der Waals surface area contributed by atoms with Gasteiger partial charge in [-0.2, -0.15) is 4.37 Å². The summed E-state index contributed by atoms with van der Waals surface area (Å²) in [4.78, 5) is 39.2. The number of rotatable bonds is 8. The minimum atomic E-state index is -0.860. The van der Waals surface area contributed by atoms with Crippen LogP contribution in [0.2, 0.25) is 5.02 Å². The number of nitrogens with one attached hydrogen (secondary N) is 1. The summed E-state index contributed by atoms with van der Waals surface area (Å²) in [6, 6.07) is 15.6. The molecule has 1 atom stereocenters. The predicted octanol–water partition coefficient (Wildman–Crippen LogP) is 2.82. The van der Waals surface area contributed by atoms with Crippen molar-refractivity contribution < 1.29 is 14.4 Å². The second-order valence-electron chi connectivity index (χ2n) is 7.04. The van der Waals surface area contributed by atoms with Crippen LogP contribution in [-0.2, 0) is 17.9 Å². The number of anilines is 1. The Labute approximate surface area is 194 Å². The number of nitrogen functional groups attached to an aromatic ring is 1. The van der Waals surface area contributed by atoms with Crippen molar-refractivity contribution in [3.8, 4) is 0 Å². The maximum Gasteiger partial charge on any atom is 0.270 e. The quantitative estimate of drug-likeness (QED) is 0.464. The summed E-state index contributed by atoms with van der Waals surface area (Å²) >= 11 is 7.05. The first-order chi connectivity index (χ1) is 15.3. The summed E-state index contributed by atoms with van der Waals surface area (Å²) < 4.78 is 3.89. The molecule has 1 heterocycles. The van der Waals surface area contributed by atoms with Gasteiger partial charge in [0, 0.05) is 18.1 Å². The molecule has 166 valence electrons. The van der Waals surface area contributed by atoms with E-state index >= 15 is 0 Å². The Morgan fingerprint density at radius 2 is 1.78 bits per heavy atom. The SMILES string of the molecule is C[C@H](C(=O)NCc1ccccc1)N(Cc1ccccc1Cl)C(=O)c1snc(C(N)=O)c1N. The Hall–Kier alpha value is -3.43. The van der Waals surface area contributed by atoms with E-state index in [4.69, 9.17) is 23.1 Å². The van der Waals surface area contributed by atoms with E-state index < -0.39 is 17.9 Å². The molecule has 3 aromatic rings. The van der Waals surface area contributed by atoms with Crippen LogP contribution in [0.5, 0.6) is 0 Å². The Bertz CT molecular complexity index is 1140. The number of nitrogens with zero attached hydrogens (tertiary/aromatic N) is 2. The van der Waals surface area contributed by atoms with Gasteiger partial charge in [-0.25, -0.2) is 0 Å². The fourth-order valence-electron chi connectivity index (χ4n) is 3.03. The summed E-state index contributed by atoms with van der Waals surface area (Å²) in [6.45, 7) is 1.98. The molecule has 0 bridgehead atoms. The largest absolute Gasteiger partial charge is 0.395 e. The second kappa shape index (κ2) is 10.3. The molecule has 8 nitrogen and oxygen atoms in total. The van der Waals surface area contributed by atoms with Gasteiger partial charge in [0.15, 0.2) is 5.69 Å². The fraction of sp³-hybridized carbons (Fsp3) is 0.182. The minimum absolute atomic E-state index is 0.0357. The third-order valence-corrected chi connectivity index (χ3v) is 6.09. The smallest absolute Gasteiger partial charge is 0.270 e. The third-order valence-electron chi connectivity index (χ3n) is 4.87. The van der Waals surface area contributed by atoms with Gasteiger partial charge in [-0.1, -0.05) is 60.1 Å². The monoisotopic (exact) mass is 471 g/mol. The van der Waals surface area contributed by atoms with E-state index in [9.17, 15) is 14.4 Å². The molecule has 0 fully saturated rings. The molecule has 0 aliphatic rings. The van der Waals surface area contributed by atoms with E-state index in [2.05, 4.69) is 9.69 Å². The van der Waals surface area contributed by atoms with Crippen molar-refractivity contribution in [1.82, 2.24) is 14.6 Å². The number of hydrogen-bond donors (Lipinski definition) is 3. The highest BCUT2D eigenvalue weighted by molar-refractivity contribution is 7.09. The van der Waals surface area contributed by atoms with Crippen LogP contribution in [0, 0.1) is 0 Å². The van der Waals surface area contributed by atoms with Crippen LogP contribution in [0.4, 0.5) is 5.69 Å². The lowest BCUT2D eigenvalue weighted by molar-refractivity contribution is -0.125. The second-order valence-corrected chi connectivity index (χ2v) is 8.22. The number of benzene rings is 2. The van der Waals surface area contributed by atoms with E-state index in [1.54, 1.807) is 31.2 Å². The zero-order chi connectivity index (χ0) is 23.3. The predicted molar refractivity (Wildman–Crippen MR) is 124 cm³/mol. The number of nitrogens with two attached hydrogens (primary N) is 2. The molecule has 0 unspecified atom stereocenters. The highest BCUT2D eigenvalue weighted by Crippen LogP contribution is 2.26. The van der Waals surface area contributed by atoms with E-state index in [0.29, 0.717) is 17.1 Å². The molecule has 0 saturated carbocycles. The molecule has 0 saturated heterocycles. The van der Waals surface area contributed by atoms with Crippen LogP contribution in [-0.4, -0.2) is 33.0 Å². The topological polar surface area (TPSA) is 131 Å². The molecule has 32 heavy (non-hydrogen) atoms. The van der Waals surface area contributed by atoms with Gasteiger partial charge >= 0.3 is 0 Å². The summed E-state index contributed by atoms with van der Waals surface area (Å²) in [7, 11) is 0. The number of halogens is 1. The van der Waals surface area contributed by atoms with Crippen molar-refractivity contribution in [2.45, 2.75) is 26.1 Å². The van der Waals surface area contributed by atoms with Crippen molar-refractivity contribution in [3.63, 3.8) is 0 Å². The van der Waals surface area contributed by atoms with E-state index in [1.165, 1.54) is 4.90 Å². The van der Waals surface area contributed by atoms with Crippen molar-refractivity contribution in [2.75, 3.05) is 5.73 Å². The molecule has 3 rings (SSSR count). The zero-order valence-electron chi connectivity index (χ0n) is 17.2. The molecule has 10 heteroatoms. The van der Waals surface area contributed by atoms with Gasteiger partial charge in [0.1, 0.15) is 10.9 Å². The Balaban J connectivity index is 1.87. The van der Waals surface area contributed by atoms with Gasteiger partial charge in [0.2, 0.25) is 5.91 Å². The molecular formula is C22H22ClN5O3S. The van der Waals surface area contributed by atoms with Gasteiger partial charge in [0.25, 0.3) is 11.8 Å². The van der Waals surface area contributed by atoms with Crippen LogP contribution >= 0.6 is 23.1 Å². The summed E-state index contributed by atoms with van der Waals surface area (Å²) in [6.07, 6.45) is 0. The van der Waals surface area contributed by atoms with Crippen molar-refractivity contribution >= 4 is 46.5 Å². The minimum Gasteiger partial charge on any atom is -0.395 e. The first-order valence-electron chi connectivity index (χ1n) is 9.70. The molecule has 0 radical (unpaired) electrons. The normalized spacial score (nSPS) is 11.6. The van der Waals surface area contributed by atoms with Crippen molar-refractivity contribution in [3.05, 3.63) is 81.3 Å². The van der Waals surface area contributed by atoms with E-state index in [-0.39, 0.29) is 28.7 Å². The molecular weight excluding hydrogens is 450 g/mol. The average Bonchev–Trinajstić information content (AvgIpc) is 3.18. The maximum absolute atomic E-state index is 13.4. The highest BCUT2D eigenvalue weighted by Gasteiger charge is 2.31. The van der Waals surface area contributed by atoms with Gasteiger partial charge in [-0.05, 0) is 35.6 Å². The molecule has 0 spiro atoms. The van der Waals surface area contributed by atoms with Crippen molar-refractivity contribution in [1.29, 1.82) is 0 Å².